The number of benzene rings is 1. The molecule has 0 atom stereocenters. The van der Waals surface area contributed by atoms with Crippen LogP contribution >= 0.6 is 0 Å². The predicted octanol–water partition coefficient (Wildman–Crippen LogP) is 2.60. The molecule has 4 N–H and O–H groups in total. The van der Waals surface area contributed by atoms with Gasteiger partial charge in [0.05, 0.1) is 12.1 Å². The summed E-state index contributed by atoms with van der Waals surface area (Å²) in [6.07, 6.45) is 2.18. The molecule has 5 rings (SSSR count). The minimum absolute atomic E-state index is 0.112. The lowest BCUT2D eigenvalue weighted by molar-refractivity contribution is 0.0958. The Morgan fingerprint density at radius 1 is 1.25 bits per heavy atom. The monoisotopic (exact) mass is 433 g/mol. The molecule has 3 aromatic heterocycles. The first-order valence-corrected chi connectivity index (χ1v) is 9.85. The molecular formula is C21H19N7O4. The van der Waals surface area contributed by atoms with Gasteiger partial charge in [-0.1, -0.05) is 17.3 Å². The number of aryl methyl sites for hydroxylation is 1. The summed E-state index contributed by atoms with van der Waals surface area (Å²) in [5.41, 5.74) is 9.45. The Balaban J connectivity index is 1.37. The van der Waals surface area contributed by atoms with E-state index in [4.69, 9.17) is 15.4 Å². The van der Waals surface area contributed by atoms with Gasteiger partial charge >= 0.3 is 6.09 Å². The van der Waals surface area contributed by atoms with Crippen molar-refractivity contribution in [2.24, 2.45) is 0 Å². The normalized spacial score (nSPS) is 13.8. The summed E-state index contributed by atoms with van der Waals surface area (Å²) in [4.78, 5) is 33.8. The number of carboxylic acid groups (broad SMARTS) is 1. The number of rotatable bonds is 4. The molecule has 11 heteroatoms. The van der Waals surface area contributed by atoms with E-state index in [1.807, 2.05) is 19.1 Å². The lowest BCUT2D eigenvalue weighted by Gasteiger charge is -2.34. The maximum Gasteiger partial charge on any atom is 0.407 e. The van der Waals surface area contributed by atoms with Crippen molar-refractivity contribution in [3.63, 3.8) is 0 Å². The number of nitrogens with zero attached hydrogens (tertiary/aromatic N) is 5. The molecule has 0 aliphatic carbocycles. The largest absolute Gasteiger partial charge is 0.465 e. The zero-order valence-electron chi connectivity index (χ0n) is 17.0. The minimum Gasteiger partial charge on any atom is -0.465 e. The number of nitrogens with two attached hydrogens (primary N) is 1. The summed E-state index contributed by atoms with van der Waals surface area (Å²) in [6, 6.07) is 8.91. The highest BCUT2D eigenvalue weighted by molar-refractivity contribution is 6.04. The Hall–Kier alpha value is -4.41. The fraction of sp³-hybridized carbons (Fsp3) is 0.190. The molecule has 1 aliphatic heterocycles. The molecule has 0 saturated carbocycles. The maximum absolute atomic E-state index is 12.9. The van der Waals surface area contributed by atoms with Crippen molar-refractivity contribution in [3.05, 3.63) is 59.9 Å². The summed E-state index contributed by atoms with van der Waals surface area (Å²) in [5, 5.41) is 15.9. The van der Waals surface area contributed by atoms with Crippen LogP contribution in [0.5, 0.6) is 0 Å². The van der Waals surface area contributed by atoms with Crippen molar-refractivity contribution >= 4 is 29.0 Å². The number of fused-ring (bicyclic) bond motifs is 1. The van der Waals surface area contributed by atoms with Gasteiger partial charge in [0.25, 0.3) is 5.91 Å². The highest BCUT2D eigenvalue weighted by Gasteiger charge is 2.35. The van der Waals surface area contributed by atoms with E-state index in [1.165, 1.54) is 11.1 Å². The van der Waals surface area contributed by atoms with Crippen LogP contribution in [0.4, 0.5) is 16.2 Å². The number of carbonyl (C=O) groups excluding carboxylic acids is 1. The van der Waals surface area contributed by atoms with Crippen molar-refractivity contribution in [1.29, 1.82) is 0 Å². The number of carbonyl (C=O) groups is 2. The van der Waals surface area contributed by atoms with E-state index in [0.717, 1.165) is 5.56 Å². The SMILES string of the molecule is Cc1ccc(-c2noc(C3CN(C(=O)O)C3)n2)cc1NC(=O)c1cnc2ccc(N)cn12. The van der Waals surface area contributed by atoms with Crippen LogP contribution < -0.4 is 11.1 Å². The third kappa shape index (κ3) is 3.39. The van der Waals surface area contributed by atoms with Crippen LogP contribution in [0.15, 0.2) is 47.2 Å². The smallest absolute Gasteiger partial charge is 0.407 e. The van der Waals surface area contributed by atoms with Crippen LogP contribution in [0.3, 0.4) is 0 Å². The average Bonchev–Trinajstić information content (AvgIpc) is 3.35. The Morgan fingerprint density at radius 2 is 2.06 bits per heavy atom. The first kappa shape index (κ1) is 19.5. The summed E-state index contributed by atoms with van der Waals surface area (Å²) in [6.45, 7) is 2.54. The van der Waals surface area contributed by atoms with E-state index in [-0.39, 0.29) is 11.8 Å². The van der Waals surface area contributed by atoms with Gasteiger partial charge in [-0.15, -0.1) is 0 Å². The summed E-state index contributed by atoms with van der Waals surface area (Å²) >= 11 is 0. The Labute approximate surface area is 181 Å². The second kappa shape index (κ2) is 7.38. The number of pyridine rings is 1. The Bertz CT molecular complexity index is 1350. The van der Waals surface area contributed by atoms with E-state index in [0.29, 0.717) is 53.1 Å². The van der Waals surface area contributed by atoms with E-state index >= 15 is 0 Å². The molecule has 0 bridgehead atoms. The molecule has 2 amide bonds. The van der Waals surface area contributed by atoms with Crippen LogP contribution in [-0.4, -0.2) is 54.6 Å². The third-order valence-electron chi connectivity index (χ3n) is 5.45. The number of hydrogen-bond donors (Lipinski definition) is 3. The summed E-state index contributed by atoms with van der Waals surface area (Å²) < 4.78 is 6.96. The maximum atomic E-state index is 12.9. The van der Waals surface area contributed by atoms with Crippen molar-refractivity contribution in [2.45, 2.75) is 12.8 Å². The first-order chi connectivity index (χ1) is 15.4. The molecule has 1 saturated heterocycles. The fourth-order valence-corrected chi connectivity index (χ4v) is 3.56. The second-order valence-electron chi connectivity index (χ2n) is 7.66. The van der Waals surface area contributed by atoms with Gasteiger partial charge in [0.15, 0.2) is 0 Å². The van der Waals surface area contributed by atoms with Gasteiger partial charge in [0, 0.05) is 36.2 Å². The van der Waals surface area contributed by atoms with Crippen LogP contribution in [0.2, 0.25) is 0 Å². The van der Waals surface area contributed by atoms with Gasteiger partial charge in [-0.3, -0.25) is 9.20 Å². The average molecular weight is 433 g/mol. The standard InChI is InChI=1S/C21H19N7O4/c1-11-2-3-12(18-25-20(32-26-18)13-8-27(9-13)21(30)31)6-15(11)24-19(29)16-7-23-17-5-4-14(22)10-28(16)17/h2-7,10,13H,8-9,22H2,1H3,(H,24,29)(H,30,31). The summed E-state index contributed by atoms with van der Waals surface area (Å²) in [5.74, 6) is 0.318. The lowest BCUT2D eigenvalue weighted by atomic mass is 10.0. The van der Waals surface area contributed by atoms with Gasteiger partial charge in [-0.05, 0) is 30.7 Å². The van der Waals surface area contributed by atoms with Crippen molar-refractivity contribution in [3.8, 4) is 11.4 Å². The van der Waals surface area contributed by atoms with Gasteiger partial charge in [-0.2, -0.15) is 4.98 Å². The number of nitrogens with one attached hydrogen (secondary N) is 1. The number of amides is 2. The van der Waals surface area contributed by atoms with Gasteiger partial charge in [0.2, 0.25) is 11.7 Å². The number of aromatic nitrogens is 4. The molecule has 162 valence electrons. The molecule has 11 nitrogen and oxygen atoms in total. The number of likely N-dealkylation sites (tertiary alicyclic amines) is 1. The Morgan fingerprint density at radius 3 is 2.84 bits per heavy atom. The van der Waals surface area contributed by atoms with Gasteiger partial charge in [0.1, 0.15) is 11.3 Å². The third-order valence-corrected chi connectivity index (χ3v) is 5.45. The quantitative estimate of drug-likeness (QED) is 0.444. The number of imidazole rings is 1. The zero-order valence-corrected chi connectivity index (χ0v) is 17.0. The van der Waals surface area contributed by atoms with Crippen LogP contribution in [0.1, 0.15) is 27.9 Å². The molecule has 4 heterocycles. The number of hydrogen-bond acceptors (Lipinski definition) is 7. The molecule has 0 radical (unpaired) electrons. The fourth-order valence-electron chi connectivity index (χ4n) is 3.56. The highest BCUT2D eigenvalue weighted by atomic mass is 16.5. The van der Waals surface area contributed by atoms with Crippen LogP contribution in [0, 0.1) is 6.92 Å². The molecule has 32 heavy (non-hydrogen) atoms. The van der Waals surface area contributed by atoms with Crippen LogP contribution in [-0.2, 0) is 0 Å². The summed E-state index contributed by atoms with van der Waals surface area (Å²) in [7, 11) is 0. The molecular weight excluding hydrogens is 414 g/mol. The van der Waals surface area contributed by atoms with Crippen molar-refractivity contribution in [2.75, 3.05) is 24.1 Å². The Kier molecular flexibility index (Phi) is 4.51. The lowest BCUT2D eigenvalue weighted by Crippen LogP contribution is -2.47. The topological polar surface area (TPSA) is 152 Å². The molecule has 1 fully saturated rings. The van der Waals surface area contributed by atoms with E-state index in [2.05, 4.69) is 20.4 Å². The van der Waals surface area contributed by atoms with Crippen LogP contribution in [0.25, 0.3) is 17.0 Å². The predicted molar refractivity (Wildman–Crippen MR) is 114 cm³/mol. The molecule has 1 aliphatic rings. The molecule has 1 aromatic carbocycles. The highest BCUT2D eigenvalue weighted by Crippen LogP contribution is 2.29. The van der Waals surface area contributed by atoms with E-state index in [1.54, 1.807) is 28.8 Å². The van der Waals surface area contributed by atoms with Gasteiger partial charge in [-0.25, -0.2) is 9.78 Å². The van der Waals surface area contributed by atoms with E-state index in [9.17, 15) is 9.59 Å². The molecule has 0 unspecified atom stereocenters. The number of nitrogen functional groups attached to an aromatic ring is 1. The second-order valence-corrected chi connectivity index (χ2v) is 7.66. The van der Waals surface area contributed by atoms with Crippen molar-refractivity contribution < 1.29 is 19.2 Å². The minimum atomic E-state index is -0.964. The van der Waals surface area contributed by atoms with Gasteiger partial charge < -0.3 is 25.6 Å². The molecule has 4 aromatic rings. The number of anilines is 2. The van der Waals surface area contributed by atoms with E-state index < -0.39 is 6.09 Å². The first-order valence-electron chi connectivity index (χ1n) is 9.85. The van der Waals surface area contributed by atoms with Crippen molar-refractivity contribution in [1.82, 2.24) is 24.4 Å². The molecule has 0 spiro atoms. The zero-order chi connectivity index (χ0) is 22.4.